The van der Waals surface area contributed by atoms with Gasteiger partial charge in [0.1, 0.15) is 5.75 Å². The predicted octanol–water partition coefficient (Wildman–Crippen LogP) is 7.94. The first-order valence-electron chi connectivity index (χ1n) is 8.68. The average Bonchev–Trinajstić information content (AvgIpc) is 2.69. The third-order valence-electron chi connectivity index (χ3n) is 4.65. The second kappa shape index (κ2) is 8.81. The zero-order valence-corrected chi connectivity index (χ0v) is 20.8. The fourth-order valence-corrected chi connectivity index (χ4v) is 4.72. The first-order chi connectivity index (χ1) is 15.4. The second-order valence-corrected chi connectivity index (χ2v) is 11.2. The van der Waals surface area contributed by atoms with Crippen LogP contribution in [0, 0.1) is 0 Å². The largest absolute Gasteiger partial charge is 0.496 e. The quantitative estimate of drug-likeness (QED) is 0.197. The summed E-state index contributed by atoms with van der Waals surface area (Å²) in [5.41, 5.74) is -3.68. The van der Waals surface area contributed by atoms with Crippen molar-refractivity contribution in [3.05, 3.63) is 42.0 Å². The molecule has 0 bridgehead atoms. The molecule has 2 aromatic rings. The van der Waals surface area contributed by atoms with E-state index in [0.717, 1.165) is 6.07 Å². The summed E-state index contributed by atoms with van der Waals surface area (Å²) >= 11 is 35.8. The summed E-state index contributed by atoms with van der Waals surface area (Å²) in [7, 11) is 1.30. The lowest BCUT2D eigenvalue weighted by molar-refractivity contribution is -0.0801. The Balaban J connectivity index is 2.61. The Hall–Kier alpha value is -1.04. The molecule has 16 heteroatoms. The number of nitrogens with zero attached hydrogens (tertiary/aromatic N) is 3. The van der Waals surface area contributed by atoms with Crippen LogP contribution >= 0.6 is 69.6 Å². The molecule has 1 aliphatic rings. The van der Waals surface area contributed by atoms with Gasteiger partial charge in [-0.05, 0) is 11.5 Å². The van der Waals surface area contributed by atoms with Gasteiger partial charge in [-0.15, -0.1) is 0 Å². The van der Waals surface area contributed by atoms with E-state index in [-0.39, 0.29) is 21.4 Å². The SMILES string of the molecule is COc1ccc(C2(C(Cl)(Cl)Cl)N=C(C(F)(F)F)N=C(C(F)(F)F)N2C(Cl)(Cl)Cl)c2ccccc12. The number of benzene rings is 2. The molecular formula is C18H9Cl6F6N3O. The van der Waals surface area contributed by atoms with E-state index in [9.17, 15) is 26.3 Å². The summed E-state index contributed by atoms with van der Waals surface area (Å²) in [5.74, 6) is -4.34. The van der Waals surface area contributed by atoms with E-state index < -0.39 is 43.0 Å². The zero-order chi connectivity index (χ0) is 25.9. The van der Waals surface area contributed by atoms with Crippen molar-refractivity contribution >= 4 is 92.0 Å². The van der Waals surface area contributed by atoms with E-state index in [0.29, 0.717) is 0 Å². The van der Waals surface area contributed by atoms with Crippen LogP contribution in [-0.2, 0) is 5.66 Å². The Morgan fingerprint density at radius 3 is 1.82 bits per heavy atom. The van der Waals surface area contributed by atoms with Crippen molar-refractivity contribution < 1.29 is 31.1 Å². The minimum atomic E-state index is -5.60. The number of halogens is 12. The standard InChI is InChI=1S/C18H9Cl6F6N3O/c1-34-11-7-6-10(8-4-2-3-5-9(8)11)14(17(19,20)21)32-12(15(25,26)27)31-13(16(28,29)30)33(14)18(22,23)24/h2-7H,1H3. The topological polar surface area (TPSA) is 37.2 Å². The fourth-order valence-electron chi connectivity index (χ4n) is 3.43. The van der Waals surface area contributed by atoms with Crippen LogP contribution in [0.25, 0.3) is 10.8 Å². The minimum Gasteiger partial charge on any atom is -0.496 e. The van der Waals surface area contributed by atoms with Gasteiger partial charge in [0, 0.05) is 10.9 Å². The summed E-state index contributed by atoms with van der Waals surface area (Å²) < 4.78 is 82.3. The molecule has 3 rings (SSSR count). The monoisotopic (exact) mass is 607 g/mol. The molecule has 186 valence electrons. The van der Waals surface area contributed by atoms with Crippen molar-refractivity contribution in [1.82, 2.24) is 4.90 Å². The number of hydrogen-bond donors (Lipinski definition) is 0. The molecule has 0 aromatic heterocycles. The molecule has 0 aliphatic carbocycles. The molecule has 34 heavy (non-hydrogen) atoms. The highest BCUT2D eigenvalue weighted by Gasteiger charge is 2.67. The molecule has 4 nitrogen and oxygen atoms in total. The highest BCUT2D eigenvalue weighted by atomic mass is 35.6. The van der Waals surface area contributed by atoms with Crippen molar-refractivity contribution in [3.63, 3.8) is 0 Å². The van der Waals surface area contributed by atoms with E-state index in [1.54, 1.807) is 0 Å². The van der Waals surface area contributed by atoms with Gasteiger partial charge < -0.3 is 4.74 Å². The third kappa shape index (κ3) is 4.69. The molecule has 0 saturated carbocycles. The summed E-state index contributed by atoms with van der Waals surface area (Å²) in [6.45, 7) is 0. The first-order valence-corrected chi connectivity index (χ1v) is 11.0. The van der Waals surface area contributed by atoms with E-state index in [1.807, 2.05) is 0 Å². The molecule has 0 amide bonds. The van der Waals surface area contributed by atoms with Crippen LogP contribution in [0.2, 0.25) is 0 Å². The Morgan fingerprint density at radius 1 is 0.824 bits per heavy atom. The molecule has 1 atom stereocenters. The van der Waals surface area contributed by atoms with Crippen LogP contribution in [-0.4, -0.2) is 43.7 Å². The first kappa shape index (κ1) is 27.5. The van der Waals surface area contributed by atoms with Crippen molar-refractivity contribution in [1.29, 1.82) is 0 Å². The molecule has 0 fully saturated rings. The minimum absolute atomic E-state index is 0.00104. The van der Waals surface area contributed by atoms with Gasteiger partial charge in [0.15, 0.2) is 0 Å². The van der Waals surface area contributed by atoms with Crippen molar-refractivity contribution in [2.75, 3.05) is 7.11 Å². The Labute approximate surface area is 218 Å². The predicted molar refractivity (Wildman–Crippen MR) is 122 cm³/mol. The summed E-state index contributed by atoms with van der Waals surface area (Å²) in [6, 6.07) is 8.07. The lowest BCUT2D eigenvalue weighted by atomic mass is 9.92. The molecular weight excluding hydrogens is 601 g/mol. The molecule has 1 heterocycles. The molecule has 2 aromatic carbocycles. The number of rotatable bonds is 2. The maximum absolute atomic E-state index is 14.0. The maximum atomic E-state index is 14.0. The van der Waals surface area contributed by atoms with Gasteiger partial charge in [-0.25, -0.2) is 9.98 Å². The Morgan fingerprint density at radius 2 is 1.38 bits per heavy atom. The number of ether oxygens (including phenoxy) is 1. The van der Waals surface area contributed by atoms with Gasteiger partial charge in [0.2, 0.25) is 21.1 Å². The van der Waals surface area contributed by atoms with Crippen molar-refractivity contribution in [2.45, 2.75) is 25.7 Å². The number of amidine groups is 2. The Bertz CT molecular complexity index is 1170. The molecule has 0 radical (unpaired) electrons. The summed E-state index contributed by atoms with van der Waals surface area (Å²) in [5, 5.41) is 0.237. The van der Waals surface area contributed by atoms with E-state index >= 15 is 0 Å². The maximum Gasteiger partial charge on any atom is 0.451 e. The summed E-state index contributed by atoms with van der Waals surface area (Å²) in [6.07, 6.45) is -11.1. The number of alkyl halides is 12. The van der Waals surface area contributed by atoms with Gasteiger partial charge >= 0.3 is 12.4 Å². The van der Waals surface area contributed by atoms with Gasteiger partial charge in [-0.3, -0.25) is 4.90 Å². The van der Waals surface area contributed by atoms with Crippen LogP contribution < -0.4 is 4.74 Å². The lowest BCUT2D eigenvalue weighted by Crippen LogP contribution is -2.65. The van der Waals surface area contributed by atoms with Crippen molar-refractivity contribution in [2.24, 2.45) is 9.98 Å². The van der Waals surface area contributed by atoms with Crippen LogP contribution in [0.4, 0.5) is 26.3 Å². The van der Waals surface area contributed by atoms with Gasteiger partial charge in [-0.1, -0.05) is 99.9 Å². The fraction of sp³-hybridized carbons (Fsp3) is 0.333. The lowest BCUT2D eigenvalue weighted by Gasteiger charge is -2.51. The molecule has 0 spiro atoms. The smallest absolute Gasteiger partial charge is 0.451 e. The zero-order valence-electron chi connectivity index (χ0n) is 16.2. The molecule has 1 aliphatic heterocycles. The van der Waals surface area contributed by atoms with E-state index in [4.69, 9.17) is 74.3 Å². The molecule has 0 saturated heterocycles. The third-order valence-corrected chi connectivity index (χ3v) is 5.95. The molecule has 0 N–H and O–H groups in total. The highest BCUT2D eigenvalue weighted by Crippen LogP contribution is 2.59. The van der Waals surface area contributed by atoms with Gasteiger partial charge in [0.25, 0.3) is 3.92 Å². The highest BCUT2D eigenvalue weighted by molar-refractivity contribution is 6.70. The number of aliphatic imine (C=N–C) groups is 2. The van der Waals surface area contributed by atoms with Gasteiger partial charge in [0.05, 0.1) is 7.11 Å². The van der Waals surface area contributed by atoms with Crippen LogP contribution in [0.5, 0.6) is 5.75 Å². The van der Waals surface area contributed by atoms with Crippen LogP contribution in [0.1, 0.15) is 5.56 Å². The van der Waals surface area contributed by atoms with E-state index in [2.05, 4.69) is 9.98 Å². The van der Waals surface area contributed by atoms with Crippen LogP contribution in [0.3, 0.4) is 0 Å². The van der Waals surface area contributed by atoms with E-state index in [1.165, 1.54) is 37.4 Å². The number of methoxy groups -OCH3 is 1. The second-order valence-electron chi connectivity index (χ2n) is 6.70. The number of fused-ring (bicyclic) bond motifs is 1. The number of hydrogen-bond acceptors (Lipinski definition) is 4. The molecule has 1 unspecified atom stereocenters. The normalized spacial score (nSPS) is 20.3. The Kier molecular flexibility index (Phi) is 7.14. The summed E-state index contributed by atoms with van der Waals surface area (Å²) in [4.78, 5) is 5.77. The van der Waals surface area contributed by atoms with Crippen molar-refractivity contribution in [3.8, 4) is 5.75 Å². The average molecular weight is 610 g/mol. The van der Waals surface area contributed by atoms with Gasteiger partial charge in [-0.2, -0.15) is 26.3 Å². The van der Waals surface area contributed by atoms with Crippen LogP contribution in [0.15, 0.2) is 46.4 Å².